The summed E-state index contributed by atoms with van der Waals surface area (Å²) in [6.07, 6.45) is 4.84. The fraction of sp³-hybridized carbons (Fsp3) is 0.583. The van der Waals surface area contributed by atoms with Crippen molar-refractivity contribution in [2.45, 2.75) is 36.6 Å². The summed E-state index contributed by atoms with van der Waals surface area (Å²) in [6, 6.07) is 4.13. The number of rotatable bonds is 2. The van der Waals surface area contributed by atoms with E-state index in [2.05, 4.69) is 36.1 Å². The van der Waals surface area contributed by atoms with E-state index in [4.69, 9.17) is 0 Å². The molecule has 1 fully saturated rings. The van der Waals surface area contributed by atoms with Crippen LogP contribution in [-0.4, -0.2) is 37.7 Å². The van der Waals surface area contributed by atoms with E-state index in [9.17, 15) is 4.79 Å². The highest BCUT2D eigenvalue weighted by Crippen LogP contribution is 2.29. The van der Waals surface area contributed by atoms with Crippen molar-refractivity contribution in [3.63, 3.8) is 0 Å². The molecule has 3 rings (SSSR count). The number of H-pyrrole nitrogens is 1. The minimum absolute atomic E-state index is 0.302. The SMILES string of the molecule is CN(c1ccc2n[nH]c(=O)n2n1)C1CCCCC1Br. The van der Waals surface area contributed by atoms with E-state index >= 15 is 0 Å². The quantitative estimate of drug-likeness (QED) is 0.851. The number of nitrogens with one attached hydrogen (secondary N) is 1. The van der Waals surface area contributed by atoms with Crippen LogP contribution in [0.4, 0.5) is 5.82 Å². The molecule has 2 aromatic rings. The number of fused-ring (bicyclic) bond motifs is 1. The van der Waals surface area contributed by atoms with Gasteiger partial charge in [0.25, 0.3) is 0 Å². The van der Waals surface area contributed by atoms with E-state index in [1.54, 1.807) is 0 Å². The van der Waals surface area contributed by atoms with Gasteiger partial charge in [0.2, 0.25) is 0 Å². The zero-order valence-corrected chi connectivity index (χ0v) is 12.3. The number of alkyl halides is 1. The lowest BCUT2D eigenvalue weighted by Gasteiger charge is -2.35. The highest BCUT2D eigenvalue weighted by molar-refractivity contribution is 9.09. The molecule has 2 unspecified atom stereocenters. The zero-order chi connectivity index (χ0) is 13.4. The molecule has 2 heterocycles. The lowest BCUT2D eigenvalue weighted by atomic mass is 9.94. The zero-order valence-electron chi connectivity index (χ0n) is 10.7. The maximum absolute atomic E-state index is 11.5. The van der Waals surface area contributed by atoms with Gasteiger partial charge in [-0.1, -0.05) is 28.8 Å². The highest BCUT2D eigenvalue weighted by atomic mass is 79.9. The van der Waals surface area contributed by atoms with Crippen LogP contribution in [0.15, 0.2) is 16.9 Å². The molecule has 1 aliphatic carbocycles. The average Bonchev–Trinajstić information content (AvgIpc) is 2.80. The summed E-state index contributed by atoms with van der Waals surface area (Å²) < 4.78 is 1.30. The van der Waals surface area contributed by atoms with Crippen LogP contribution in [-0.2, 0) is 0 Å². The van der Waals surface area contributed by atoms with Crippen molar-refractivity contribution in [3.05, 3.63) is 22.6 Å². The van der Waals surface area contributed by atoms with E-state index in [0.29, 0.717) is 16.5 Å². The third-order valence-electron chi connectivity index (χ3n) is 3.77. The molecule has 6 nitrogen and oxygen atoms in total. The van der Waals surface area contributed by atoms with Gasteiger partial charge in [0, 0.05) is 17.9 Å². The Morgan fingerprint density at radius 1 is 1.42 bits per heavy atom. The Morgan fingerprint density at radius 2 is 2.21 bits per heavy atom. The van der Waals surface area contributed by atoms with Crippen LogP contribution >= 0.6 is 15.9 Å². The first-order valence-corrected chi connectivity index (χ1v) is 7.40. The number of halogens is 1. The lowest BCUT2D eigenvalue weighted by Crippen LogP contribution is -2.41. The summed E-state index contributed by atoms with van der Waals surface area (Å²) in [6.45, 7) is 0. The predicted octanol–water partition coefficient (Wildman–Crippen LogP) is 1.56. The first-order chi connectivity index (χ1) is 9.16. The van der Waals surface area contributed by atoms with Crippen LogP contribution in [0, 0.1) is 0 Å². The molecule has 2 aromatic heterocycles. The summed E-state index contributed by atoms with van der Waals surface area (Å²) in [5, 5.41) is 10.6. The summed E-state index contributed by atoms with van der Waals surface area (Å²) in [7, 11) is 2.03. The smallest absolute Gasteiger partial charge is 0.354 e. The number of hydrogen-bond acceptors (Lipinski definition) is 4. The second-order valence-corrected chi connectivity index (χ2v) is 6.15. The van der Waals surface area contributed by atoms with Gasteiger partial charge in [-0.25, -0.2) is 9.89 Å². The van der Waals surface area contributed by atoms with Gasteiger partial charge in [-0.2, -0.15) is 9.61 Å². The molecule has 1 saturated carbocycles. The van der Waals surface area contributed by atoms with Gasteiger partial charge < -0.3 is 4.90 Å². The average molecular weight is 326 g/mol. The van der Waals surface area contributed by atoms with E-state index in [1.165, 1.54) is 23.8 Å². The standard InChI is InChI=1S/C12H16BrN5O/c1-17(9-5-3-2-4-8(9)13)11-7-6-10-14-15-12(19)18(10)16-11/h6-9H,2-5H2,1H3,(H,15,19). The Morgan fingerprint density at radius 3 is 3.00 bits per heavy atom. The molecular weight excluding hydrogens is 310 g/mol. The van der Waals surface area contributed by atoms with Gasteiger partial charge in [0.15, 0.2) is 5.65 Å². The summed E-state index contributed by atoms with van der Waals surface area (Å²) >= 11 is 3.75. The topological polar surface area (TPSA) is 66.3 Å². The second kappa shape index (κ2) is 4.96. The van der Waals surface area contributed by atoms with Crippen molar-refractivity contribution >= 4 is 27.4 Å². The minimum Gasteiger partial charge on any atom is -0.354 e. The van der Waals surface area contributed by atoms with Crippen LogP contribution in [0.2, 0.25) is 0 Å². The van der Waals surface area contributed by atoms with Crippen LogP contribution in [0.1, 0.15) is 25.7 Å². The third kappa shape index (κ3) is 2.27. The number of aromatic amines is 1. The Labute approximate surface area is 118 Å². The van der Waals surface area contributed by atoms with Gasteiger partial charge >= 0.3 is 5.69 Å². The Kier molecular flexibility index (Phi) is 3.30. The van der Waals surface area contributed by atoms with Gasteiger partial charge in [-0.15, -0.1) is 5.10 Å². The summed E-state index contributed by atoms with van der Waals surface area (Å²) in [5.74, 6) is 0.798. The molecule has 1 aliphatic rings. The lowest BCUT2D eigenvalue weighted by molar-refractivity contribution is 0.441. The van der Waals surface area contributed by atoms with Crippen molar-refractivity contribution in [2.24, 2.45) is 0 Å². The molecule has 0 radical (unpaired) electrons. The first kappa shape index (κ1) is 12.7. The molecule has 102 valence electrons. The fourth-order valence-corrected chi connectivity index (χ4v) is 3.60. The van der Waals surface area contributed by atoms with Crippen molar-refractivity contribution in [1.82, 2.24) is 19.8 Å². The van der Waals surface area contributed by atoms with Crippen LogP contribution in [0.3, 0.4) is 0 Å². The molecule has 0 spiro atoms. The van der Waals surface area contributed by atoms with Crippen LogP contribution in [0.25, 0.3) is 5.65 Å². The van der Waals surface area contributed by atoms with Crippen molar-refractivity contribution in [3.8, 4) is 0 Å². The largest absolute Gasteiger partial charge is 0.364 e. The normalized spacial score (nSPS) is 23.7. The Bertz CT molecular complexity index is 636. The summed E-state index contributed by atoms with van der Waals surface area (Å²) in [5.41, 5.74) is 0.241. The van der Waals surface area contributed by atoms with Crippen LogP contribution in [0.5, 0.6) is 0 Å². The van der Waals surface area contributed by atoms with E-state index in [0.717, 1.165) is 12.2 Å². The maximum Gasteiger partial charge on any atom is 0.364 e. The fourth-order valence-electron chi connectivity index (χ4n) is 2.65. The van der Waals surface area contributed by atoms with E-state index in [-0.39, 0.29) is 5.69 Å². The molecule has 19 heavy (non-hydrogen) atoms. The molecule has 0 aliphatic heterocycles. The van der Waals surface area contributed by atoms with Crippen molar-refractivity contribution in [2.75, 3.05) is 11.9 Å². The summed E-state index contributed by atoms with van der Waals surface area (Å²) in [4.78, 5) is 14.2. The number of aromatic nitrogens is 4. The predicted molar refractivity (Wildman–Crippen MR) is 77.0 cm³/mol. The van der Waals surface area contributed by atoms with Gasteiger partial charge in [-0.3, -0.25) is 0 Å². The third-order valence-corrected chi connectivity index (χ3v) is 4.83. The Hall–Kier alpha value is -1.37. The second-order valence-electron chi connectivity index (χ2n) is 4.97. The number of nitrogens with zero attached hydrogens (tertiary/aromatic N) is 4. The molecule has 7 heteroatoms. The molecule has 0 bridgehead atoms. The molecular formula is C12H16BrN5O. The van der Waals surface area contributed by atoms with Gasteiger partial charge in [0.05, 0.1) is 0 Å². The number of anilines is 1. The maximum atomic E-state index is 11.5. The van der Waals surface area contributed by atoms with E-state index in [1.807, 2.05) is 19.2 Å². The number of hydrogen-bond donors (Lipinski definition) is 1. The molecule has 0 saturated heterocycles. The molecule has 0 amide bonds. The monoisotopic (exact) mass is 325 g/mol. The molecule has 1 N–H and O–H groups in total. The molecule has 0 aromatic carbocycles. The Balaban J connectivity index is 1.94. The first-order valence-electron chi connectivity index (χ1n) is 6.48. The van der Waals surface area contributed by atoms with Crippen LogP contribution < -0.4 is 10.6 Å². The minimum atomic E-state index is -0.302. The van der Waals surface area contributed by atoms with Gasteiger partial charge in [0.1, 0.15) is 5.82 Å². The van der Waals surface area contributed by atoms with Crippen molar-refractivity contribution < 1.29 is 0 Å². The van der Waals surface area contributed by atoms with Gasteiger partial charge in [-0.05, 0) is 25.0 Å². The highest BCUT2D eigenvalue weighted by Gasteiger charge is 2.27. The van der Waals surface area contributed by atoms with E-state index < -0.39 is 0 Å². The van der Waals surface area contributed by atoms with Crippen molar-refractivity contribution in [1.29, 1.82) is 0 Å². The molecule has 2 atom stereocenters.